The quantitative estimate of drug-likeness (QED) is 0.577. The molecule has 80 valence electrons. The largest absolute Gasteiger partial charge is 0.379 e. The van der Waals surface area contributed by atoms with Crippen molar-refractivity contribution in [3.63, 3.8) is 0 Å². The first kappa shape index (κ1) is 12.8. The highest BCUT2D eigenvalue weighted by molar-refractivity contribution is 4.59. The molecule has 0 amide bonds. The van der Waals surface area contributed by atoms with Crippen LogP contribution in [0.4, 0.5) is 4.39 Å². The van der Waals surface area contributed by atoms with Crippen LogP contribution in [0.15, 0.2) is 0 Å². The number of alkyl halides is 1. The van der Waals surface area contributed by atoms with E-state index >= 15 is 0 Å². The molecule has 0 aromatic heterocycles. The SMILES string of the molecule is CC(C)(C)CCOCCOCCF. The van der Waals surface area contributed by atoms with E-state index in [1.807, 2.05) is 0 Å². The van der Waals surface area contributed by atoms with E-state index in [-0.39, 0.29) is 6.61 Å². The third kappa shape index (κ3) is 11.9. The fourth-order valence-corrected chi connectivity index (χ4v) is 0.755. The Kier molecular flexibility index (Phi) is 7.19. The Morgan fingerprint density at radius 2 is 1.46 bits per heavy atom. The van der Waals surface area contributed by atoms with Crippen LogP contribution >= 0.6 is 0 Å². The second-order valence-electron chi connectivity index (χ2n) is 4.22. The van der Waals surface area contributed by atoms with Gasteiger partial charge < -0.3 is 9.47 Å². The van der Waals surface area contributed by atoms with Gasteiger partial charge in [0.15, 0.2) is 0 Å². The predicted octanol–water partition coefficient (Wildman–Crippen LogP) is 2.43. The summed E-state index contributed by atoms with van der Waals surface area (Å²) in [7, 11) is 0. The van der Waals surface area contributed by atoms with E-state index in [1.165, 1.54) is 0 Å². The number of halogens is 1. The summed E-state index contributed by atoms with van der Waals surface area (Å²) in [5.74, 6) is 0. The highest BCUT2D eigenvalue weighted by Crippen LogP contribution is 2.17. The summed E-state index contributed by atoms with van der Waals surface area (Å²) in [6, 6.07) is 0. The molecule has 0 N–H and O–H groups in total. The molecule has 0 rings (SSSR count). The van der Waals surface area contributed by atoms with Crippen LogP contribution in [0.2, 0.25) is 0 Å². The summed E-state index contributed by atoms with van der Waals surface area (Å²) in [6.45, 7) is 8.11. The van der Waals surface area contributed by atoms with Crippen molar-refractivity contribution in [2.75, 3.05) is 33.1 Å². The standard InChI is InChI=1S/C10H21FO2/c1-10(2,3)4-6-12-8-9-13-7-5-11/h4-9H2,1-3H3. The topological polar surface area (TPSA) is 18.5 Å². The molecule has 0 saturated heterocycles. The second-order valence-corrected chi connectivity index (χ2v) is 4.22. The lowest BCUT2D eigenvalue weighted by atomic mass is 9.93. The Morgan fingerprint density at radius 1 is 0.923 bits per heavy atom. The molecule has 2 nitrogen and oxygen atoms in total. The van der Waals surface area contributed by atoms with Crippen molar-refractivity contribution in [2.45, 2.75) is 27.2 Å². The molecule has 0 unspecified atom stereocenters. The highest BCUT2D eigenvalue weighted by atomic mass is 19.1. The Balaban J connectivity index is 3.00. The van der Waals surface area contributed by atoms with Crippen LogP contribution in [0, 0.1) is 5.41 Å². The van der Waals surface area contributed by atoms with Gasteiger partial charge in [0, 0.05) is 6.61 Å². The lowest BCUT2D eigenvalue weighted by molar-refractivity contribution is 0.0347. The molecule has 0 aromatic carbocycles. The van der Waals surface area contributed by atoms with Crippen molar-refractivity contribution in [3.05, 3.63) is 0 Å². The number of hydrogen-bond acceptors (Lipinski definition) is 2. The lowest BCUT2D eigenvalue weighted by Gasteiger charge is -2.17. The van der Waals surface area contributed by atoms with Crippen LogP contribution in [0.3, 0.4) is 0 Å². The van der Waals surface area contributed by atoms with Crippen LogP contribution in [-0.2, 0) is 9.47 Å². The van der Waals surface area contributed by atoms with Crippen LogP contribution in [-0.4, -0.2) is 33.1 Å². The summed E-state index contributed by atoms with van der Waals surface area (Å²) < 4.78 is 21.8. The van der Waals surface area contributed by atoms with E-state index in [0.29, 0.717) is 18.6 Å². The highest BCUT2D eigenvalue weighted by Gasteiger charge is 2.08. The molecule has 0 atom stereocenters. The molecule has 0 bridgehead atoms. The molecule has 0 aliphatic heterocycles. The summed E-state index contributed by atoms with van der Waals surface area (Å²) >= 11 is 0. The Bertz CT molecular complexity index is 110. The van der Waals surface area contributed by atoms with Gasteiger partial charge in [0.05, 0.1) is 19.8 Å². The predicted molar refractivity (Wildman–Crippen MR) is 51.7 cm³/mol. The third-order valence-electron chi connectivity index (χ3n) is 1.59. The first-order chi connectivity index (χ1) is 6.06. The minimum atomic E-state index is -0.415. The fraction of sp³-hybridized carbons (Fsp3) is 1.00. The first-order valence-electron chi connectivity index (χ1n) is 4.78. The van der Waals surface area contributed by atoms with E-state index < -0.39 is 6.67 Å². The molecule has 0 saturated carbocycles. The summed E-state index contributed by atoms with van der Waals surface area (Å²) in [5.41, 5.74) is 0.319. The van der Waals surface area contributed by atoms with E-state index in [9.17, 15) is 4.39 Å². The smallest absolute Gasteiger partial charge is 0.113 e. The molecular weight excluding hydrogens is 171 g/mol. The summed E-state index contributed by atoms with van der Waals surface area (Å²) in [4.78, 5) is 0. The Labute approximate surface area is 80.4 Å². The maximum absolute atomic E-state index is 11.6. The molecule has 3 heteroatoms. The van der Waals surface area contributed by atoms with Gasteiger partial charge in [-0.05, 0) is 11.8 Å². The van der Waals surface area contributed by atoms with Gasteiger partial charge >= 0.3 is 0 Å². The van der Waals surface area contributed by atoms with Gasteiger partial charge in [0.2, 0.25) is 0 Å². The second kappa shape index (κ2) is 7.27. The lowest BCUT2D eigenvalue weighted by Crippen LogP contribution is -2.12. The summed E-state index contributed by atoms with van der Waals surface area (Å²) in [5, 5.41) is 0. The van der Waals surface area contributed by atoms with Crippen LogP contribution in [0.1, 0.15) is 27.2 Å². The number of rotatable bonds is 7. The van der Waals surface area contributed by atoms with Gasteiger partial charge in [0.25, 0.3) is 0 Å². The first-order valence-corrected chi connectivity index (χ1v) is 4.78. The average Bonchev–Trinajstić information content (AvgIpc) is 2.01. The Morgan fingerprint density at radius 3 is 1.92 bits per heavy atom. The zero-order chi connectivity index (χ0) is 10.2. The third-order valence-corrected chi connectivity index (χ3v) is 1.59. The molecular formula is C10H21FO2. The maximum atomic E-state index is 11.6. The van der Waals surface area contributed by atoms with E-state index in [4.69, 9.17) is 9.47 Å². The molecule has 0 aliphatic carbocycles. The molecule has 0 heterocycles. The molecule has 13 heavy (non-hydrogen) atoms. The maximum Gasteiger partial charge on any atom is 0.113 e. The minimum Gasteiger partial charge on any atom is -0.379 e. The van der Waals surface area contributed by atoms with E-state index in [2.05, 4.69) is 20.8 Å². The van der Waals surface area contributed by atoms with Crippen molar-refractivity contribution in [1.29, 1.82) is 0 Å². The van der Waals surface area contributed by atoms with Gasteiger partial charge in [-0.25, -0.2) is 4.39 Å². The van der Waals surface area contributed by atoms with Crippen LogP contribution in [0.5, 0.6) is 0 Å². The average molecular weight is 192 g/mol. The van der Waals surface area contributed by atoms with Crippen LogP contribution in [0.25, 0.3) is 0 Å². The van der Waals surface area contributed by atoms with Crippen LogP contribution < -0.4 is 0 Å². The monoisotopic (exact) mass is 192 g/mol. The number of ether oxygens (including phenoxy) is 2. The van der Waals surface area contributed by atoms with Crippen molar-refractivity contribution in [1.82, 2.24) is 0 Å². The van der Waals surface area contributed by atoms with Gasteiger partial charge in [-0.2, -0.15) is 0 Å². The summed E-state index contributed by atoms with van der Waals surface area (Å²) in [6.07, 6.45) is 1.04. The van der Waals surface area contributed by atoms with Crippen molar-refractivity contribution >= 4 is 0 Å². The zero-order valence-corrected chi connectivity index (χ0v) is 8.94. The van der Waals surface area contributed by atoms with Gasteiger partial charge in [-0.1, -0.05) is 20.8 Å². The zero-order valence-electron chi connectivity index (χ0n) is 8.94. The molecule has 0 radical (unpaired) electrons. The molecule has 0 fully saturated rings. The fourth-order valence-electron chi connectivity index (χ4n) is 0.755. The molecule has 0 aliphatic rings. The van der Waals surface area contributed by atoms with E-state index in [1.54, 1.807) is 0 Å². The van der Waals surface area contributed by atoms with Crippen molar-refractivity contribution in [3.8, 4) is 0 Å². The van der Waals surface area contributed by atoms with Gasteiger partial charge in [-0.3, -0.25) is 0 Å². The molecule has 0 aromatic rings. The van der Waals surface area contributed by atoms with E-state index in [0.717, 1.165) is 13.0 Å². The van der Waals surface area contributed by atoms with Gasteiger partial charge in [-0.15, -0.1) is 0 Å². The normalized spacial score (nSPS) is 12.0. The van der Waals surface area contributed by atoms with Crippen molar-refractivity contribution < 1.29 is 13.9 Å². The Hall–Kier alpha value is -0.150. The number of hydrogen-bond donors (Lipinski definition) is 0. The van der Waals surface area contributed by atoms with Gasteiger partial charge in [0.1, 0.15) is 6.67 Å². The molecule has 0 spiro atoms. The van der Waals surface area contributed by atoms with Crippen molar-refractivity contribution in [2.24, 2.45) is 5.41 Å². The minimum absolute atomic E-state index is 0.183.